The number of esters is 1. The molecule has 1 aromatic carbocycles. The van der Waals surface area contributed by atoms with E-state index in [1.54, 1.807) is 59.0 Å². The molecule has 0 radical (unpaired) electrons. The van der Waals surface area contributed by atoms with Gasteiger partial charge in [0.05, 0.1) is 39.0 Å². The summed E-state index contributed by atoms with van der Waals surface area (Å²) in [5.74, 6) is -4.30. The Morgan fingerprint density at radius 2 is 1.51 bits per heavy atom. The highest BCUT2D eigenvalue weighted by Gasteiger charge is 2.35. The zero-order valence-corrected chi connectivity index (χ0v) is 33.5. The molecule has 4 atom stereocenters. The van der Waals surface area contributed by atoms with E-state index in [2.05, 4.69) is 31.9 Å². The van der Waals surface area contributed by atoms with Gasteiger partial charge in [-0.25, -0.2) is 0 Å². The minimum atomic E-state index is -0.955. The predicted molar refractivity (Wildman–Crippen MR) is 205 cm³/mol. The molecule has 1 aliphatic rings. The van der Waals surface area contributed by atoms with Gasteiger partial charge in [0.2, 0.25) is 41.4 Å². The number of hydrogen-bond donors (Lipinski definition) is 6. The lowest BCUT2D eigenvalue weighted by molar-refractivity contribution is -0.147. The number of imide groups is 1. The van der Waals surface area contributed by atoms with Crippen LogP contribution in [0, 0.1) is 11.8 Å². The largest absolute Gasteiger partial charge is 0.456 e. The first-order chi connectivity index (χ1) is 27.0. The molecule has 1 aliphatic heterocycles. The number of likely N-dealkylation sites (tertiary alicyclic amines) is 1. The average molecular weight is 804 g/mol. The Kier molecular flexibility index (Phi) is 21.1. The van der Waals surface area contributed by atoms with Crippen molar-refractivity contribution in [1.29, 1.82) is 0 Å². The maximum Gasteiger partial charge on any atom is 0.303 e. The Hall–Kier alpha value is -5.27. The van der Waals surface area contributed by atoms with Crippen molar-refractivity contribution < 1.29 is 57.4 Å². The number of carbonyl (C=O) groups is 9. The Morgan fingerprint density at radius 3 is 2.12 bits per heavy atom. The molecule has 57 heavy (non-hydrogen) atoms. The van der Waals surface area contributed by atoms with Gasteiger partial charge in [-0.1, -0.05) is 32.9 Å². The lowest BCUT2D eigenvalue weighted by atomic mass is 9.97. The summed E-state index contributed by atoms with van der Waals surface area (Å²) < 4.78 is 16.2. The van der Waals surface area contributed by atoms with Gasteiger partial charge in [-0.15, -0.1) is 0 Å². The second-order valence-electron chi connectivity index (χ2n) is 13.8. The third-order valence-corrected chi connectivity index (χ3v) is 8.56. The van der Waals surface area contributed by atoms with Gasteiger partial charge >= 0.3 is 5.97 Å². The van der Waals surface area contributed by atoms with Crippen molar-refractivity contribution in [2.75, 3.05) is 65.0 Å². The molecule has 0 bridgehead atoms. The van der Waals surface area contributed by atoms with E-state index in [4.69, 9.17) is 14.2 Å². The van der Waals surface area contributed by atoms with Crippen molar-refractivity contribution in [3.63, 3.8) is 0 Å². The van der Waals surface area contributed by atoms with Gasteiger partial charge in [-0.05, 0) is 38.1 Å². The molecule has 316 valence electrons. The zero-order chi connectivity index (χ0) is 42.5. The second-order valence-corrected chi connectivity index (χ2v) is 13.8. The van der Waals surface area contributed by atoms with Gasteiger partial charge in [-0.2, -0.15) is 0 Å². The first-order valence-corrected chi connectivity index (χ1v) is 18.9. The molecule has 19 heteroatoms. The first-order valence-electron chi connectivity index (χ1n) is 18.9. The van der Waals surface area contributed by atoms with Crippen LogP contribution in [0.25, 0.3) is 0 Å². The van der Waals surface area contributed by atoms with Crippen LogP contribution in [0.1, 0.15) is 72.0 Å². The van der Waals surface area contributed by atoms with Crippen LogP contribution < -0.4 is 31.9 Å². The Labute approximate surface area is 332 Å². The molecule has 6 N–H and O–H groups in total. The van der Waals surface area contributed by atoms with Crippen molar-refractivity contribution in [1.82, 2.24) is 31.5 Å². The molecule has 1 aromatic rings. The van der Waals surface area contributed by atoms with Crippen LogP contribution >= 0.6 is 0 Å². The summed E-state index contributed by atoms with van der Waals surface area (Å²) in [6, 6.07) is 4.68. The Morgan fingerprint density at radius 1 is 0.842 bits per heavy atom. The first kappa shape index (κ1) is 47.9. The molecule has 1 saturated heterocycles. The third kappa shape index (κ3) is 18.0. The number of ketones is 1. The zero-order valence-electron chi connectivity index (χ0n) is 33.5. The van der Waals surface area contributed by atoms with Crippen LogP contribution in [0.4, 0.5) is 5.69 Å². The van der Waals surface area contributed by atoms with Crippen LogP contribution in [0.15, 0.2) is 24.3 Å². The van der Waals surface area contributed by atoms with Crippen LogP contribution in [-0.4, -0.2) is 130 Å². The van der Waals surface area contributed by atoms with E-state index >= 15 is 0 Å². The number of rotatable bonds is 26. The van der Waals surface area contributed by atoms with E-state index in [1.165, 1.54) is 6.92 Å². The molecule has 7 amide bonds. The molecule has 19 nitrogen and oxygen atoms in total. The summed E-state index contributed by atoms with van der Waals surface area (Å²) in [5.41, 5.74) is 0.971. The predicted octanol–water partition coefficient (Wildman–Crippen LogP) is -0.506. The van der Waals surface area contributed by atoms with Gasteiger partial charge in [-0.3, -0.25) is 48.1 Å². The molecule has 0 saturated carbocycles. The monoisotopic (exact) mass is 803 g/mol. The van der Waals surface area contributed by atoms with E-state index < -0.39 is 47.8 Å². The summed E-state index contributed by atoms with van der Waals surface area (Å²) in [4.78, 5) is 111. The number of likely N-dealkylation sites (N-methyl/N-ethyl adjacent to an activating group) is 1. The van der Waals surface area contributed by atoms with Crippen LogP contribution in [-0.2, 0) is 57.4 Å². The number of nitrogens with one attached hydrogen (secondary N) is 6. The SMILES string of the molecule is CNCC(=O)NC(C)C(=O)Nc1ccc(C(CNC(=O)CCC(NC(=O)COCCOCCNC(=O)CCN2C(=O)CC(C)C2=O)C(=O)C(C)C)OC(C)=O)cc1. The minimum Gasteiger partial charge on any atom is -0.456 e. The Bertz CT molecular complexity index is 1570. The highest BCUT2D eigenvalue weighted by molar-refractivity contribution is 6.03. The van der Waals surface area contributed by atoms with Gasteiger partial charge in [0.15, 0.2) is 5.78 Å². The van der Waals surface area contributed by atoms with Crippen molar-refractivity contribution >= 4 is 58.8 Å². The number of anilines is 1. The van der Waals surface area contributed by atoms with E-state index in [0.29, 0.717) is 11.3 Å². The third-order valence-electron chi connectivity index (χ3n) is 8.56. The van der Waals surface area contributed by atoms with Crippen molar-refractivity contribution in [2.45, 2.75) is 78.5 Å². The van der Waals surface area contributed by atoms with Crippen molar-refractivity contribution in [3.8, 4) is 0 Å². The summed E-state index contributed by atoms with van der Waals surface area (Å²) in [5, 5.41) is 15.9. The smallest absolute Gasteiger partial charge is 0.303 e. The summed E-state index contributed by atoms with van der Waals surface area (Å²) in [7, 11) is 1.61. The van der Waals surface area contributed by atoms with Gasteiger partial charge < -0.3 is 46.1 Å². The molecule has 0 spiro atoms. The summed E-state index contributed by atoms with van der Waals surface area (Å²) in [6.07, 6.45) is -0.828. The fraction of sp³-hybridized carbons (Fsp3) is 0.605. The molecule has 1 heterocycles. The number of Topliss-reactive ketones (excluding diaryl/α,β-unsaturated/α-hetero) is 1. The number of ether oxygens (including phenoxy) is 3. The number of amides is 7. The number of hydrogen-bond acceptors (Lipinski definition) is 13. The summed E-state index contributed by atoms with van der Waals surface area (Å²) in [6.45, 7) is 8.00. The molecule has 1 fully saturated rings. The lowest BCUT2D eigenvalue weighted by Gasteiger charge is -2.21. The van der Waals surface area contributed by atoms with Crippen LogP contribution in [0.5, 0.6) is 0 Å². The number of nitrogens with zero attached hydrogens (tertiary/aromatic N) is 1. The highest BCUT2D eigenvalue weighted by Crippen LogP contribution is 2.21. The summed E-state index contributed by atoms with van der Waals surface area (Å²) >= 11 is 0. The highest BCUT2D eigenvalue weighted by atomic mass is 16.5. The fourth-order valence-electron chi connectivity index (χ4n) is 5.50. The van der Waals surface area contributed by atoms with Gasteiger partial charge in [0.25, 0.3) is 0 Å². The van der Waals surface area contributed by atoms with E-state index in [0.717, 1.165) is 4.90 Å². The molecule has 2 rings (SSSR count). The standard InChI is InChI=1S/C38H57N7O12/c1-23(2)36(52)29(44-34(50)22-56-18-17-55-16-14-40-32(48)13-15-45-35(51)19-24(3)38(45)54)11-12-31(47)41-20-30(57-26(5)46)27-7-9-28(10-8-27)43-37(53)25(4)42-33(49)21-39-6/h7-10,23-25,29-30,39H,11-22H2,1-6H3,(H,40,48)(H,41,47)(H,42,49)(H,43,53)(H,44,50). The number of benzene rings is 1. The van der Waals surface area contributed by atoms with Crippen LogP contribution in [0.3, 0.4) is 0 Å². The molecular formula is C38H57N7O12. The maximum absolute atomic E-state index is 12.9. The molecular weight excluding hydrogens is 746 g/mol. The minimum absolute atomic E-state index is 0.00759. The molecule has 4 unspecified atom stereocenters. The lowest BCUT2D eigenvalue weighted by Crippen LogP contribution is -2.45. The maximum atomic E-state index is 12.9. The Balaban J connectivity index is 1.74. The van der Waals surface area contributed by atoms with Gasteiger partial charge in [0.1, 0.15) is 18.8 Å². The fourth-order valence-corrected chi connectivity index (χ4v) is 5.50. The van der Waals surface area contributed by atoms with Crippen LogP contribution in [0.2, 0.25) is 0 Å². The normalized spacial score (nSPS) is 15.4. The van der Waals surface area contributed by atoms with Gasteiger partial charge in [0, 0.05) is 56.8 Å². The second kappa shape index (κ2) is 25.1. The molecule has 0 aliphatic carbocycles. The average Bonchev–Trinajstić information content (AvgIpc) is 3.40. The quantitative estimate of drug-likeness (QED) is 0.0393. The molecule has 0 aromatic heterocycles. The van der Waals surface area contributed by atoms with E-state index in [-0.39, 0.29) is 114 Å². The van der Waals surface area contributed by atoms with E-state index in [9.17, 15) is 43.2 Å². The van der Waals surface area contributed by atoms with E-state index in [1.807, 2.05) is 0 Å². The van der Waals surface area contributed by atoms with Crippen molar-refractivity contribution in [3.05, 3.63) is 29.8 Å². The number of carbonyl (C=O) groups excluding carboxylic acids is 9. The van der Waals surface area contributed by atoms with Crippen molar-refractivity contribution in [2.24, 2.45) is 11.8 Å². The topological polar surface area (TPSA) is 257 Å².